The van der Waals surface area contributed by atoms with Gasteiger partial charge in [0, 0.05) is 29.7 Å². The smallest absolute Gasteiger partial charge is 0.322 e. The summed E-state index contributed by atoms with van der Waals surface area (Å²) in [4.78, 5) is 14.2. The van der Waals surface area contributed by atoms with Gasteiger partial charge in [-0.3, -0.25) is 0 Å². The van der Waals surface area contributed by atoms with Crippen molar-refractivity contribution in [2.75, 3.05) is 19.0 Å². The highest BCUT2D eigenvalue weighted by atomic mass is 35.5. The molecule has 2 aromatic rings. The number of nitrogens with one attached hydrogen (secondary N) is 1. The molecule has 0 saturated heterocycles. The van der Waals surface area contributed by atoms with E-state index in [-0.39, 0.29) is 12.1 Å². The Balaban J connectivity index is 1.75. The maximum atomic E-state index is 12.4. The third kappa shape index (κ3) is 3.02. The van der Waals surface area contributed by atoms with Crippen LogP contribution in [0.5, 0.6) is 5.75 Å². The topological polar surface area (TPSA) is 41.6 Å². The monoisotopic (exact) mass is 316 g/mol. The lowest BCUT2D eigenvalue weighted by Gasteiger charge is -2.33. The number of hydrogen-bond donors (Lipinski definition) is 1. The maximum absolute atomic E-state index is 12.4. The second-order valence-electron chi connectivity index (χ2n) is 5.24. The lowest BCUT2D eigenvalue weighted by molar-refractivity contribution is 0.172. The number of amides is 2. The summed E-state index contributed by atoms with van der Waals surface area (Å²) >= 11 is 5.85. The Morgan fingerprint density at radius 2 is 1.95 bits per heavy atom. The van der Waals surface area contributed by atoms with E-state index in [2.05, 4.69) is 5.32 Å². The Hall–Kier alpha value is -2.20. The number of carbonyl (C=O) groups is 1. The van der Waals surface area contributed by atoms with Crippen LogP contribution >= 0.6 is 11.6 Å². The summed E-state index contributed by atoms with van der Waals surface area (Å²) in [5.74, 6) is 0.852. The molecule has 1 unspecified atom stereocenters. The van der Waals surface area contributed by atoms with Gasteiger partial charge in [-0.15, -0.1) is 0 Å². The van der Waals surface area contributed by atoms with Crippen molar-refractivity contribution in [3.8, 4) is 5.75 Å². The Labute approximate surface area is 134 Å². The first kappa shape index (κ1) is 14.7. The number of urea groups is 1. The normalized spacial score (nSPS) is 16.4. The molecule has 0 bridgehead atoms. The number of nitrogens with zero attached hydrogens (tertiary/aromatic N) is 1. The van der Waals surface area contributed by atoms with Gasteiger partial charge in [-0.2, -0.15) is 0 Å². The molecule has 114 valence electrons. The summed E-state index contributed by atoms with van der Waals surface area (Å²) in [6.07, 6.45) is 0.779. The lowest BCUT2D eigenvalue weighted by Crippen LogP contribution is -2.37. The molecule has 0 spiro atoms. The molecule has 0 aliphatic carbocycles. The van der Waals surface area contributed by atoms with Crippen molar-refractivity contribution in [1.82, 2.24) is 4.90 Å². The SMILES string of the molecule is CN(C(=O)Nc1ccc(Cl)cc1)C1CCOc2ccccc21. The van der Waals surface area contributed by atoms with Crippen molar-refractivity contribution in [2.45, 2.75) is 12.5 Å². The Morgan fingerprint density at radius 1 is 1.23 bits per heavy atom. The number of halogens is 1. The third-order valence-corrected chi connectivity index (χ3v) is 4.06. The molecule has 2 amide bonds. The van der Waals surface area contributed by atoms with Gasteiger partial charge >= 0.3 is 6.03 Å². The number of rotatable bonds is 2. The van der Waals surface area contributed by atoms with Gasteiger partial charge in [0.1, 0.15) is 5.75 Å². The van der Waals surface area contributed by atoms with Crippen molar-refractivity contribution >= 4 is 23.3 Å². The van der Waals surface area contributed by atoms with Gasteiger partial charge in [0.05, 0.1) is 12.6 Å². The first-order valence-corrected chi connectivity index (χ1v) is 7.54. The van der Waals surface area contributed by atoms with E-state index in [1.807, 2.05) is 24.3 Å². The quantitative estimate of drug-likeness (QED) is 0.896. The van der Waals surface area contributed by atoms with Crippen molar-refractivity contribution in [3.63, 3.8) is 0 Å². The number of carbonyl (C=O) groups excluding carboxylic acids is 1. The van der Waals surface area contributed by atoms with Crippen LogP contribution < -0.4 is 10.1 Å². The van der Waals surface area contributed by atoms with Gasteiger partial charge in [-0.1, -0.05) is 29.8 Å². The molecule has 1 aliphatic heterocycles. The molecule has 3 rings (SSSR count). The predicted octanol–water partition coefficient (Wildman–Crippen LogP) is 4.33. The van der Waals surface area contributed by atoms with Crippen LogP contribution in [0.15, 0.2) is 48.5 Å². The average Bonchev–Trinajstić information content (AvgIpc) is 2.55. The molecule has 1 atom stereocenters. The highest BCUT2D eigenvalue weighted by Gasteiger charge is 2.27. The van der Waals surface area contributed by atoms with Gasteiger partial charge in [-0.05, 0) is 30.3 Å². The van der Waals surface area contributed by atoms with E-state index < -0.39 is 0 Å². The molecule has 2 aromatic carbocycles. The van der Waals surface area contributed by atoms with Crippen molar-refractivity contribution in [1.29, 1.82) is 0 Å². The summed E-state index contributed by atoms with van der Waals surface area (Å²) in [6, 6.07) is 14.8. The molecule has 1 aliphatic rings. The van der Waals surface area contributed by atoms with Crippen LogP contribution in [-0.2, 0) is 0 Å². The fourth-order valence-electron chi connectivity index (χ4n) is 2.61. The van der Waals surface area contributed by atoms with E-state index >= 15 is 0 Å². The van der Waals surface area contributed by atoms with Crippen molar-refractivity contribution < 1.29 is 9.53 Å². The van der Waals surface area contributed by atoms with Crippen LogP contribution in [0.25, 0.3) is 0 Å². The van der Waals surface area contributed by atoms with E-state index in [4.69, 9.17) is 16.3 Å². The molecule has 1 N–H and O–H groups in total. The van der Waals surface area contributed by atoms with Crippen LogP contribution in [0, 0.1) is 0 Å². The summed E-state index contributed by atoms with van der Waals surface area (Å²) in [6.45, 7) is 0.611. The molecule has 0 fully saturated rings. The zero-order valence-corrected chi connectivity index (χ0v) is 13.0. The first-order chi connectivity index (χ1) is 10.6. The Morgan fingerprint density at radius 3 is 2.73 bits per heavy atom. The number of fused-ring (bicyclic) bond motifs is 1. The molecule has 1 heterocycles. The zero-order valence-electron chi connectivity index (χ0n) is 12.3. The molecular formula is C17H17ClN2O2. The number of para-hydroxylation sites is 1. The van der Waals surface area contributed by atoms with E-state index in [9.17, 15) is 4.79 Å². The lowest BCUT2D eigenvalue weighted by atomic mass is 9.99. The van der Waals surface area contributed by atoms with Crippen molar-refractivity contribution in [3.05, 3.63) is 59.1 Å². The fraction of sp³-hybridized carbons (Fsp3) is 0.235. The molecule has 4 nitrogen and oxygen atoms in total. The van der Waals surface area contributed by atoms with Crippen LogP contribution in [0.1, 0.15) is 18.0 Å². The second-order valence-corrected chi connectivity index (χ2v) is 5.68. The van der Waals surface area contributed by atoms with E-state index in [1.165, 1.54) is 0 Å². The molecular weight excluding hydrogens is 300 g/mol. The second kappa shape index (κ2) is 6.28. The molecule has 0 radical (unpaired) electrons. The first-order valence-electron chi connectivity index (χ1n) is 7.16. The van der Waals surface area contributed by atoms with Gasteiger partial charge in [0.2, 0.25) is 0 Å². The zero-order chi connectivity index (χ0) is 15.5. The highest BCUT2D eigenvalue weighted by molar-refractivity contribution is 6.30. The summed E-state index contributed by atoms with van der Waals surface area (Å²) in [5.41, 5.74) is 1.77. The van der Waals surface area contributed by atoms with E-state index in [0.29, 0.717) is 11.6 Å². The van der Waals surface area contributed by atoms with E-state index in [0.717, 1.165) is 23.4 Å². The summed E-state index contributed by atoms with van der Waals surface area (Å²) < 4.78 is 5.64. The molecule has 0 aromatic heterocycles. The van der Waals surface area contributed by atoms with Gasteiger partial charge in [-0.25, -0.2) is 4.79 Å². The van der Waals surface area contributed by atoms with Crippen LogP contribution in [0.3, 0.4) is 0 Å². The standard InChI is InChI=1S/C17H17ClN2O2/c1-20(17(21)19-13-8-6-12(18)7-9-13)15-10-11-22-16-5-3-2-4-14(15)16/h2-9,15H,10-11H2,1H3,(H,19,21). The summed E-state index contributed by atoms with van der Waals surface area (Å²) in [5, 5.41) is 3.53. The largest absolute Gasteiger partial charge is 0.493 e. The maximum Gasteiger partial charge on any atom is 0.322 e. The average molecular weight is 317 g/mol. The van der Waals surface area contributed by atoms with Crippen molar-refractivity contribution in [2.24, 2.45) is 0 Å². The van der Waals surface area contributed by atoms with Gasteiger partial charge in [0.25, 0.3) is 0 Å². The third-order valence-electron chi connectivity index (χ3n) is 3.81. The van der Waals surface area contributed by atoms with Crippen LogP contribution in [-0.4, -0.2) is 24.6 Å². The summed E-state index contributed by atoms with van der Waals surface area (Å²) in [7, 11) is 1.80. The minimum absolute atomic E-state index is 0.0113. The van der Waals surface area contributed by atoms with Gasteiger partial charge < -0.3 is 15.0 Å². The van der Waals surface area contributed by atoms with Crippen LogP contribution in [0.2, 0.25) is 5.02 Å². The Bertz CT molecular complexity index is 673. The molecule has 5 heteroatoms. The minimum Gasteiger partial charge on any atom is -0.493 e. The fourth-order valence-corrected chi connectivity index (χ4v) is 2.74. The number of benzene rings is 2. The molecule has 0 saturated carbocycles. The predicted molar refractivity (Wildman–Crippen MR) is 87.5 cm³/mol. The highest BCUT2D eigenvalue weighted by Crippen LogP contribution is 2.35. The number of hydrogen-bond acceptors (Lipinski definition) is 2. The van der Waals surface area contributed by atoms with Crippen LogP contribution in [0.4, 0.5) is 10.5 Å². The minimum atomic E-state index is -0.149. The number of anilines is 1. The molecule has 22 heavy (non-hydrogen) atoms. The van der Waals surface area contributed by atoms with E-state index in [1.54, 1.807) is 36.2 Å². The van der Waals surface area contributed by atoms with Gasteiger partial charge in [0.15, 0.2) is 0 Å². The number of ether oxygens (including phenoxy) is 1. The Kier molecular flexibility index (Phi) is 4.20.